The summed E-state index contributed by atoms with van der Waals surface area (Å²) in [6.07, 6.45) is 10.1. The van der Waals surface area contributed by atoms with Crippen LogP contribution in [-0.2, 0) is 59.5 Å². The lowest BCUT2D eigenvalue weighted by Crippen LogP contribution is -2.63. The van der Waals surface area contributed by atoms with Crippen molar-refractivity contribution in [2.45, 2.75) is 167 Å². The van der Waals surface area contributed by atoms with E-state index in [-0.39, 0.29) is 71.6 Å². The third-order valence-corrected chi connectivity index (χ3v) is 20.4. The molecule has 4 aromatic rings. The Bertz CT molecular complexity index is 3400. The Morgan fingerprint density at radius 2 is 1.68 bits per heavy atom. The van der Waals surface area contributed by atoms with Crippen molar-refractivity contribution < 1.29 is 43.7 Å². The molecular weight excluding hydrogens is 1020 g/mol. The molecule has 2 aromatic heterocycles. The van der Waals surface area contributed by atoms with Crippen molar-refractivity contribution in [2.24, 2.45) is 17.3 Å². The monoisotopic (exact) mass is 1100 g/mol. The van der Waals surface area contributed by atoms with Crippen LogP contribution in [0, 0.1) is 17.3 Å². The summed E-state index contributed by atoms with van der Waals surface area (Å²) in [5, 5.41) is 23.2. The minimum absolute atomic E-state index is 0.00710. The van der Waals surface area contributed by atoms with Crippen LogP contribution in [0.3, 0.4) is 0 Å². The van der Waals surface area contributed by atoms with Crippen molar-refractivity contribution in [3.63, 3.8) is 0 Å². The Balaban J connectivity index is 0.770. The molecule has 8 atom stereocenters. The van der Waals surface area contributed by atoms with Crippen molar-refractivity contribution in [2.75, 3.05) is 52.2 Å². The van der Waals surface area contributed by atoms with Crippen molar-refractivity contribution >= 4 is 46.2 Å². The van der Waals surface area contributed by atoms with Crippen molar-refractivity contribution in [1.29, 1.82) is 0 Å². The molecule has 81 heavy (non-hydrogen) atoms. The number of ether oxygens (including phenoxy) is 2. The van der Waals surface area contributed by atoms with Gasteiger partial charge >= 0.3 is 18.0 Å². The number of pyridine rings is 2. The molecule has 0 radical (unpaired) electrons. The number of hydrogen-bond acceptors (Lipinski definition) is 13. The van der Waals surface area contributed by atoms with Gasteiger partial charge in [0.25, 0.3) is 5.56 Å². The number of ketones is 2. The van der Waals surface area contributed by atoms with Gasteiger partial charge in [0.2, 0.25) is 0 Å². The zero-order chi connectivity index (χ0) is 57.7. The Morgan fingerprint density at radius 1 is 0.926 bits per heavy atom. The van der Waals surface area contributed by atoms with Crippen LogP contribution in [0.4, 0.5) is 10.5 Å². The van der Waals surface area contributed by atoms with E-state index in [2.05, 4.69) is 65.9 Å². The number of nitrogens with zero attached hydrogens (tertiary/aromatic N) is 6. The van der Waals surface area contributed by atoms with Crippen LogP contribution in [0.2, 0.25) is 0 Å². The van der Waals surface area contributed by atoms with E-state index in [1.54, 1.807) is 29.4 Å². The number of amides is 1. The fraction of sp³-hybridized carbons (Fsp3) is 0.554. The summed E-state index contributed by atoms with van der Waals surface area (Å²) in [6.45, 7) is 14.2. The van der Waals surface area contributed by atoms with E-state index in [1.165, 1.54) is 29.2 Å². The Labute approximate surface area is 475 Å². The van der Waals surface area contributed by atoms with Gasteiger partial charge in [-0.05, 0) is 175 Å². The SMILES string of the molecule is CC[C@@]1(O)C(=O)OCc2c1cc1n(c2=O)Cc2cc3c(CN(C)C)c([C@]4(C)CN(CCCCCCN(C)c5ccc([C@H]6C[C@@]7(C)[C@@H](CC[C@]7(OC(C)=O)C(C)=O)[C@@H]7CCC8=CC(=O)CCC8=C76)cc5)[C@@H](C)CN4C(=O)O)ccc3nc2-1. The largest absolute Gasteiger partial charge is 0.465 e. The molecule has 2 aromatic carbocycles. The van der Waals surface area contributed by atoms with Crippen LogP contribution in [0.5, 0.6) is 0 Å². The highest BCUT2D eigenvalue weighted by molar-refractivity contribution is 5.93. The number of rotatable bonds is 15. The van der Waals surface area contributed by atoms with Crippen LogP contribution in [0.1, 0.15) is 158 Å². The van der Waals surface area contributed by atoms with Crippen molar-refractivity contribution in [3.05, 3.63) is 115 Å². The number of piperazine rings is 1. The molecule has 0 unspecified atom stereocenters. The minimum atomic E-state index is -1.93. The van der Waals surface area contributed by atoms with E-state index in [0.29, 0.717) is 55.8 Å². The van der Waals surface area contributed by atoms with Crippen LogP contribution < -0.4 is 10.5 Å². The summed E-state index contributed by atoms with van der Waals surface area (Å²) in [4.78, 5) is 92.7. The van der Waals surface area contributed by atoms with Crippen LogP contribution in [0.15, 0.2) is 76.1 Å². The first-order chi connectivity index (χ1) is 38.5. The maximum atomic E-state index is 14.0. The normalized spacial score (nSPS) is 28.6. The second kappa shape index (κ2) is 21.0. The van der Waals surface area contributed by atoms with Gasteiger partial charge in [-0.25, -0.2) is 14.6 Å². The Hall–Kier alpha value is -6.49. The van der Waals surface area contributed by atoms with E-state index < -0.39 is 40.2 Å². The quantitative estimate of drug-likeness (QED) is 0.0744. The van der Waals surface area contributed by atoms with Gasteiger partial charge in [-0.3, -0.25) is 29.0 Å². The predicted octanol–water partition coefficient (Wildman–Crippen LogP) is 9.53. The lowest BCUT2D eigenvalue weighted by atomic mass is 9.50. The number of Topliss-reactive ketones (excluding diaryl/α,β-unsaturated/α-hetero) is 1. The number of benzene rings is 2. The molecule has 5 heterocycles. The predicted molar refractivity (Wildman–Crippen MR) is 309 cm³/mol. The maximum Gasteiger partial charge on any atom is 0.408 e. The number of carboxylic acid groups (broad SMARTS) is 1. The maximum absolute atomic E-state index is 14.0. The van der Waals surface area contributed by atoms with Crippen LogP contribution >= 0.6 is 0 Å². The van der Waals surface area contributed by atoms with Gasteiger partial charge in [-0.15, -0.1) is 0 Å². The molecule has 11 rings (SSSR count). The number of hydrogen-bond donors (Lipinski definition) is 2. The highest BCUT2D eigenvalue weighted by atomic mass is 16.6. The average Bonchev–Trinajstić information content (AvgIpc) is 3.93. The molecule has 3 fully saturated rings. The molecule has 1 amide bonds. The fourth-order valence-corrected chi connectivity index (χ4v) is 16.3. The zero-order valence-corrected chi connectivity index (χ0v) is 48.8. The van der Waals surface area contributed by atoms with Gasteiger partial charge in [0.15, 0.2) is 22.8 Å². The lowest BCUT2D eigenvalue weighted by Gasteiger charge is -2.55. The molecule has 0 bridgehead atoms. The summed E-state index contributed by atoms with van der Waals surface area (Å²) in [5.41, 5.74) is 6.59. The molecule has 2 N–H and O–H groups in total. The van der Waals surface area contributed by atoms with E-state index in [1.807, 2.05) is 39.2 Å². The van der Waals surface area contributed by atoms with Crippen LogP contribution in [0.25, 0.3) is 22.3 Å². The van der Waals surface area contributed by atoms with Crippen LogP contribution in [-0.4, -0.2) is 123 Å². The highest BCUT2D eigenvalue weighted by Gasteiger charge is 2.67. The van der Waals surface area contributed by atoms with E-state index in [9.17, 15) is 39.0 Å². The molecule has 2 saturated carbocycles. The molecule has 4 aliphatic carbocycles. The second-order valence-electron chi connectivity index (χ2n) is 25.4. The molecule has 430 valence electrons. The topological polar surface area (TPSA) is 192 Å². The number of carbonyl (C=O) groups is 5. The molecule has 0 spiro atoms. The summed E-state index contributed by atoms with van der Waals surface area (Å²) < 4.78 is 13.1. The first-order valence-corrected chi connectivity index (χ1v) is 29.5. The smallest absolute Gasteiger partial charge is 0.408 e. The molecule has 7 aliphatic rings. The molecule has 3 aliphatic heterocycles. The number of unbranched alkanes of at least 4 members (excludes halogenated alkanes) is 3. The number of anilines is 1. The number of esters is 2. The number of aromatic nitrogens is 2. The number of allylic oxidation sites excluding steroid dienone is 4. The summed E-state index contributed by atoms with van der Waals surface area (Å²) >= 11 is 0. The Kier molecular flexibility index (Phi) is 14.6. The first kappa shape index (κ1) is 56.4. The standard InChI is InChI=1S/C65H80N6O10/c1-10-64(79)54-31-56-58-43(34-70(56)59(75)51(54)36-80-60(64)76)30-48-50(35-67(7)8)53(23-24-55(48)66-58)63(6)37-69(38(2)33-71(63)61(77)78)28-14-12-11-13-27-68(9)44-18-15-41(16-19-44)49-32-62(5)52(25-26-65(62,39(3)72)81-40(4)73)47-21-17-42-29-45(74)20-22-46(42)57(47)49/h15-16,18-19,23-24,29-31,38,47,49,52,79H,10-14,17,20-22,25-28,32-37H2,1-9H3,(H,77,78)/t38-,47-,49+,52-,62-,63-,64-,65-/m0/s1. The first-order valence-electron chi connectivity index (χ1n) is 29.5. The van der Waals surface area contributed by atoms with E-state index in [0.717, 1.165) is 92.2 Å². The number of cyclic esters (lactones) is 1. The number of aliphatic hydroxyl groups is 1. The zero-order valence-electron chi connectivity index (χ0n) is 48.8. The lowest BCUT2D eigenvalue weighted by molar-refractivity contribution is -0.182. The van der Waals surface area contributed by atoms with Gasteiger partial charge in [0.1, 0.15) is 6.61 Å². The van der Waals surface area contributed by atoms with E-state index in [4.69, 9.17) is 14.5 Å². The molecule has 16 heteroatoms. The second-order valence-corrected chi connectivity index (χ2v) is 25.4. The summed E-state index contributed by atoms with van der Waals surface area (Å²) in [5.74, 6) is -0.554. The van der Waals surface area contributed by atoms with Crippen molar-refractivity contribution in [1.82, 2.24) is 24.3 Å². The summed E-state index contributed by atoms with van der Waals surface area (Å²) in [6, 6.07) is 16.7. The third kappa shape index (κ3) is 9.26. The van der Waals surface area contributed by atoms with Gasteiger partial charge in [-0.2, -0.15) is 0 Å². The Morgan fingerprint density at radius 3 is 2.38 bits per heavy atom. The van der Waals surface area contributed by atoms with Gasteiger partial charge in [-0.1, -0.05) is 50.5 Å². The van der Waals surface area contributed by atoms with Gasteiger partial charge < -0.3 is 34.1 Å². The highest BCUT2D eigenvalue weighted by Crippen LogP contribution is 2.68. The fourth-order valence-electron chi connectivity index (χ4n) is 16.3. The average molecular weight is 1110 g/mol. The van der Waals surface area contributed by atoms with Gasteiger partial charge in [0.05, 0.1) is 34.6 Å². The summed E-state index contributed by atoms with van der Waals surface area (Å²) in [7, 11) is 6.14. The van der Waals surface area contributed by atoms with Crippen molar-refractivity contribution in [3.8, 4) is 11.4 Å². The van der Waals surface area contributed by atoms with E-state index >= 15 is 0 Å². The van der Waals surface area contributed by atoms with Gasteiger partial charge in [0, 0.05) is 86.1 Å². The molecular formula is C65H80N6O10. The minimum Gasteiger partial charge on any atom is -0.465 e. The number of fused-ring (bicyclic) bond motifs is 9. The third-order valence-electron chi connectivity index (χ3n) is 20.4. The number of carbonyl (C=O) groups excluding carboxylic acids is 4. The molecule has 1 saturated heterocycles. The molecule has 16 nitrogen and oxygen atoms in total.